The Morgan fingerprint density at radius 2 is 2.06 bits per heavy atom. The average molecular weight is 265 g/mol. The van der Waals surface area contributed by atoms with Crippen molar-refractivity contribution in [2.75, 3.05) is 13.7 Å². The van der Waals surface area contributed by atoms with Gasteiger partial charge in [-0.05, 0) is 19.1 Å². The van der Waals surface area contributed by atoms with Crippen LogP contribution in [0.2, 0.25) is 0 Å². The number of nitrogens with one attached hydrogen (secondary N) is 1. The Balaban J connectivity index is 2.90. The molecule has 0 heterocycles. The molecular weight excluding hydrogens is 252 g/mol. The lowest BCUT2D eigenvalue weighted by Gasteiger charge is -2.11. The van der Waals surface area contributed by atoms with Gasteiger partial charge in [0.1, 0.15) is 16.5 Å². The number of hydrogen-bond donors (Lipinski definition) is 1. The lowest BCUT2D eigenvalue weighted by molar-refractivity contribution is 0.122. The summed E-state index contributed by atoms with van der Waals surface area (Å²) in [4.78, 5) is -0.581. The smallest absolute Gasteiger partial charge is 0.243 e. The van der Waals surface area contributed by atoms with Crippen LogP contribution in [0, 0.1) is 11.6 Å². The van der Waals surface area contributed by atoms with E-state index in [1.807, 2.05) is 0 Å². The van der Waals surface area contributed by atoms with Gasteiger partial charge in [-0.3, -0.25) is 0 Å². The van der Waals surface area contributed by atoms with Crippen LogP contribution in [0.1, 0.15) is 6.92 Å². The first kappa shape index (κ1) is 14.0. The minimum absolute atomic E-state index is 0.00957. The predicted octanol–water partition coefficient (Wildman–Crippen LogP) is 1.28. The van der Waals surface area contributed by atoms with E-state index in [0.717, 1.165) is 12.1 Å². The van der Waals surface area contributed by atoms with E-state index in [0.29, 0.717) is 6.07 Å². The van der Waals surface area contributed by atoms with Crippen LogP contribution < -0.4 is 4.72 Å². The third-order valence-electron chi connectivity index (χ3n) is 2.15. The summed E-state index contributed by atoms with van der Waals surface area (Å²) >= 11 is 0. The molecule has 96 valence electrons. The largest absolute Gasteiger partial charge is 0.380 e. The second-order valence-corrected chi connectivity index (χ2v) is 5.21. The molecule has 4 nitrogen and oxygen atoms in total. The number of sulfonamides is 1. The molecule has 1 rings (SSSR count). The number of ether oxygens (including phenoxy) is 1. The van der Waals surface area contributed by atoms with E-state index in [1.165, 1.54) is 7.11 Å². The first-order valence-electron chi connectivity index (χ1n) is 4.84. The fraction of sp³-hybridized carbons (Fsp3) is 0.400. The molecule has 1 aromatic rings. The molecule has 0 saturated heterocycles. The number of halogens is 2. The summed E-state index contributed by atoms with van der Waals surface area (Å²) in [7, 11) is -2.56. The van der Waals surface area contributed by atoms with Crippen molar-refractivity contribution in [3.8, 4) is 0 Å². The van der Waals surface area contributed by atoms with Gasteiger partial charge in [0.15, 0.2) is 0 Å². The summed E-state index contributed by atoms with van der Waals surface area (Å²) in [6.07, 6.45) is -0.340. The predicted molar refractivity (Wildman–Crippen MR) is 58.0 cm³/mol. The molecule has 0 fully saturated rings. The molecule has 7 heteroatoms. The van der Waals surface area contributed by atoms with Gasteiger partial charge >= 0.3 is 0 Å². The van der Waals surface area contributed by atoms with E-state index in [1.54, 1.807) is 6.92 Å². The number of benzene rings is 1. The highest BCUT2D eigenvalue weighted by Gasteiger charge is 2.19. The molecule has 0 amide bonds. The Labute approximate surface area is 98.6 Å². The Morgan fingerprint density at radius 3 is 2.59 bits per heavy atom. The Kier molecular flexibility index (Phi) is 4.55. The van der Waals surface area contributed by atoms with Crippen molar-refractivity contribution in [2.45, 2.75) is 17.9 Å². The lowest BCUT2D eigenvalue weighted by atomic mass is 10.3. The van der Waals surface area contributed by atoms with Gasteiger partial charge in [-0.25, -0.2) is 21.9 Å². The summed E-state index contributed by atoms with van der Waals surface area (Å²) in [6.45, 7) is 1.67. The van der Waals surface area contributed by atoms with Gasteiger partial charge in [0.05, 0.1) is 6.10 Å². The molecule has 1 N–H and O–H groups in total. The third-order valence-corrected chi connectivity index (χ3v) is 3.60. The summed E-state index contributed by atoms with van der Waals surface area (Å²) in [5, 5.41) is 0. The van der Waals surface area contributed by atoms with E-state index in [2.05, 4.69) is 4.72 Å². The van der Waals surface area contributed by atoms with Crippen molar-refractivity contribution in [1.82, 2.24) is 4.72 Å². The van der Waals surface area contributed by atoms with Crippen molar-refractivity contribution in [1.29, 1.82) is 0 Å². The highest BCUT2D eigenvalue weighted by molar-refractivity contribution is 7.89. The van der Waals surface area contributed by atoms with Crippen LogP contribution in [0.15, 0.2) is 23.1 Å². The van der Waals surface area contributed by atoms with Crippen molar-refractivity contribution in [3.63, 3.8) is 0 Å². The Hall–Kier alpha value is -1.05. The standard InChI is InChI=1S/C10H13F2NO3S/c1-7(16-2)6-13-17(14,15)10-4-3-8(11)5-9(10)12/h3-5,7,13H,6H2,1-2H3. The molecule has 0 aliphatic carbocycles. The first-order chi connectivity index (χ1) is 7.86. The van der Waals surface area contributed by atoms with Gasteiger partial charge in [0, 0.05) is 19.7 Å². The fourth-order valence-electron chi connectivity index (χ4n) is 1.08. The molecule has 0 aliphatic rings. The third kappa shape index (κ3) is 3.72. The minimum atomic E-state index is -3.98. The first-order valence-corrected chi connectivity index (χ1v) is 6.32. The zero-order valence-electron chi connectivity index (χ0n) is 9.41. The second kappa shape index (κ2) is 5.52. The zero-order chi connectivity index (χ0) is 13.1. The normalized spacial score (nSPS) is 13.6. The lowest BCUT2D eigenvalue weighted by Crippen LogP contribution is -2.32. The van der Waals surface area contributed by atoms with Crippen LogP contribution in [-0.4, -0.2) is 28.2 Å². The van der Waals surface area contributed by atoms with Gasteiger partial charge in [0.25, 0.3) is 0 Å². The SMILES string of the molecule is COC(C)CNS(=O)(=O)c1ccc(F)cc1F. The molecule has 1 unspecified atom stereocenters. The average Bonchev–Trinajstić information content (AvgIpc) is 2.25. The van der Waals surface area contributed by atoms with Crippen molar-refractivity contribution in [2.24, 2.45) is 0 Å². The number of methoxy groups -OCH3 is 1. The van der Waals surface area contributed by atoms with Gasteiger partial charge in [0.2, 0.25) is 10.0 Å². The maximum absolute atomic E-state index is 13.3. The monoisotopic (exact) mass is 265 g/mol. The van der Waals surface area contributed by atoms with Gasteiger partial charge in [-0.2, -0.15) is 0 Å². The second-order valence-electron chi connectivity index (χ2n) is 3.47. The summed E-state index contributed by atoms with van der Waals surface area (Å²) in [5.41, 5.74) is 0. The van der Waals surface area contributed by atoms with Crippen molar-refractivity contribution >= 4 is 10.0 Å². The maximum atomic E-state index is 13.3. The molecule has 0 radical (unpaired) electrons. The molecule has 1 aromatic carbocycles. The van der Waals surface area contributed by atoms with Crippen LogP contribution in [0.5, 0.6) is 0 Å². The molecule has 1 atom stereocenters. The van der Waals surface area contributed by atoms with Crippen LogP contribution in [-0.2, 0) is 14.8 Å². The fourth-order valence-corrected chi connectivity index (χ4v) is 2.25. The highest BCUT2D eigenvalue weighted by atomic mass is 32.2. The number of hydrogen-bond acceptors (Lipinski definition) is 3. The van der Waals surface area contributed by atoms with E-state index < -0.39 is 26.6 Å². The van der Waals surface area contributed by atoms with Gasteiger partial charge in [-0.1, -0.05) is 0 Å². The summed E-state index contributed by atoms with van der Waals surface area (Å²) in [5.74, 6) is -1.95. The Morgan fingerprint density at radius 1 is 1.41 bits per heavy atom. The van der Waals surface area contributed by atoms with E-state index in [9.17, 15) is 17.2 Å². The van der Waals surface area contributed by atoms with Gasteiger partial charge < -0.3 is 4.74 Å². The molecule has 0 aromatic heterocycles. The maximum Gasteiger partial charge on any atom is 0.243 e. The Bertz CT molecular complexity index is 490. The van der Waals surface area contributed by atoms with E-state index in [-0.39, 0.29) is 12.6 Å². The topological polar surface area (TPSA) is 55.4 Å². The zero-order valence-corrected chi connectivity index (χ0v) is 10.2. The van der Waals surface area contributed by atoms with Crippen molar-refractivity contribution in [3.05, 3.63) is 29.8 Å². The van der Waals surface area contributed by atoms with Crippen LogP contribution in [0.25, 0.3) is 0 Å². The minimum Gasteiger partial charge on any atom is -0.380 e. The van der Waals surface area contributed by atoms with Crippen molar-refractivity contribution < 1.29 is 21.9 Å². The molecule has 0 bridgehead atoms. The van der Waals surface area contributed by atoms with Gasteiger partial charge in [-0.15, -0.1) is 0 Å². The molecular formula is C10H13F2NO3S. The number of rotatable bonds is 5. The molecule has 0 spiro atoms. The van der Waals surface area contributed by atoms with Crippen LogP contribution in [0.4, 0.5) is 8.78 Å². The highest BCUT2D eigenvalue weighted by Crippen LogP contribution is 2.15. The van der Waals surface area contributed by atoms with Crippen LogP contribution in [0.3, 0.4) is 0 Å². The summed E-state index contributed by atoms with van der Waals surface area (Å²) < 4.78 is 56.2. The van der Waals surface area contributed by atoms with E-state index >= 15 is 0 Å². The molecule has 0 aliphatic heterocycles. The quantitative estimate of drug-likeness (QED) is 0.872. The summed E-state index contributed by atoms with van der Waals surface area (Å²) in [6, 6.07) is 2.29. The molecule has 0 saturated carbocycles. The molecule has 17 heavy (non-hydrogen) atoms. The van der Waals surface area contributed by atoms with E-state index in [4.69, 9.17) is 4.74 Å². The van der Waals surface area contributed by atoms with Crippen LogP contribution >= 0.6 is 0 Å².